The topological polar surface area (TPSA) is 76.1 Å². The lowest BCUT2D eigenvalue weighted by molar-refractivity contribution is 0.0600. The van der Waals surface area contributed by atoms with Crippen LogP contribution in [0, 0.1) is 0 Å². The second-order valence-electron chi connectivity index (χ2n) is 4.24. The fourth-order valence-corrected chi connectivity index (χ4v) is 3.57. The van der Waals surface area contributed by atoms with Gasteiger partial charge in [0.2, 0.25) is 0 Å². The standard InChI is InChI=1S/C12H13N3O3S/c1-18-11(16)9-7-2-3-13-6-8(7)19-10(9)15-5-4-14-12(15)17/h4-5,13H,2-3,6H2,1H3,(H,14,17). The van der Waals surface area contributed by atoms with Crippen LogP contribution in [-0.4, -0.2) is 29.2 Å². The van der Waals surface area contributed by atoms with E-state index in [0.717, 1.165) is 30.0 Å². The summed E-state index contributed by atoms with van der Waals surface area (Å²) in [6.07, 6.45) is 3.95. The molecule has 0 fully saturated rings. The average Bonchev–Trinajstić information content (AvgIpc) is 3.00. The van der Waals surface area contributed by atoms with Crippen LogP contribution in [0.3, 0.4) is 0 Å². The van der Waals surface area contributed by atoms with E-state index >= 15 is 0 Å². The molecule has 0 bridgehead atoms. The summed E-state index contributed by atoms with van der Waals surface area (Å²) >= 11 is 1.46. The van der Waals surface area contributed by atoms with Crippen molar-refractivity contribution in [2.24, 2.45) is 0 Å². The number of nitrogens with one attached hydrogen (secondary N) is 2. The fraction of sp³-hybridized carbons (Fsp3) is 0.333. The number of carbonyl (C=O) groups excluding carboxylic acids is 1. The Balaban J connectivity index is 2.24. The van der Waals surface area contributed by atoms with Crippen LogP contribution in [0.4, 0.5) is 0 Å². The molecule has 0 saturated heterocycles. The van der Waals surface area contributed by atoms with E-state index in [1.165, 1.54) is 23.0 Å². The molecule has 0 saturated carbocycles. The third-order valence-electron chi connectivity index (χ3n) is 3.17. The number of aromatic amines is 1. The number of rotatable bonds is 2. The second-order valence-corrected chi connectivity index (χ2v) is 5.32. The molecule has 2 aromatic rings. The number of hydrogen-bond donors (Lipinski definition) is 2. The minimum atomic E-state index is -0.387. The van der Waals surface area contributed by atoms with Crippen LogP contribution in [0.1, 0.15) is 20.8 Å². The highest BCUT2D eigenvalue weighted by Gasteiger charge is 2.27. The van der Waals surface area contributed by atoms with E-state index < -0.39 is 0 Å². The normalized spacial score (nSPS) is 14.2. The Bertz CT molecular complexity index is 683. The maximum atomic E-state index is 12.0. The predicted octanol–water partition coefficient (Wildman–Crippen LogP) is 0.659. The maximum Gasteiger partial charge on any atom is 0.341 e. The lowest BCUT2D eigenvalue weighted by atomic mass is 10.0. The molecule has 3 rings (SSSR count). The van der Waals surface area contributed by atoms with Gasteiger partial charge in [-0.3, -0.25) is 4.57 Å². The molecule has 0 aliphatic carbocycles. The molecule has 6 nitrogen and oxygen atoms in total. The van der Waals surface area contributed by atoms with E-state index in [1.54, 1.807) is 12.4 Å². The van der Waals surface area contributed by atoms with E-state index in [-0.39, 0.29) is 11.7 Å². The van der Waals surface area contributed by atoms with Gasteiger partial charge in [-0.1, -0.05) is 0 Å². The van der Waals surface area contributed by atoms with Crippen molar-refractivity contribution in [3.8, 4) is 5.00 Å². The van der Waals surface area contributed by atoms with Crippen molar-refractivity contribution in [1.29, 1.82) is 0 Å². The van der Waals surface area contributed by atoms with Crippen LogP contribution in [0.25, 0.3) is 5.00 Å². The van der Waals surface area contributed by atoms with E-state index in [0.29, 0.717) is 10.6 Å². The molecule has 0 unspecified atom stereocenters. The van der Waals surface area contributed by atoms with Crippen LogP contribution in [-0.2, 0) is 17.7 Å². The van der Waals surface area contributed by atoms with Crippen molar-refractivity contribution >= 4 is 17.3 Å². The number of imidazole rings is 1. The Hall–Kier alpha value is -1.86. The smallest absolute Gasteiger partial charge is 0.341 e. The lowest BCUT2D eigenvalue weighted by Crippen LogP contribution is -2.23. The first-order valence-electron chi connectivity index (χ1n) is 5.92. The van der Waals surface area contributed by atoms with Gasteiger partial charge >= 0.3 is 11.7 Å². The van der Waals surface area contributed by atoms with Gasteiger partial charge in [0.15, 0.2) is 0 Å². The molecule has 0 amide bonds. The first-order valence-corrected chi connectivity index (χ1v) is 6.74. The first-order chi connectivity index (χ1) is 9.22. The lowest BCUT2D eigenvalue weighted by Gasteiger charge is -2.13. The number of H-pyrrole nitrogens is 1. The monoisotopic (exact) mass is 279 g/mol. The Labute approximate surface area is 113 Å². The van der Waals surface area contributed by atoms with E-state index in [1.807, 2.05) is 0 Å². The van der Waals surface area contributed by atoms with Gasteiger partial charge in [0.25, 0.3) is 0 Å². The van der Waals surface area contributed by atoms with Crippen molar-refractivity contribution in [3.05, 3.63) is 38.9 Å². The van der Waals surface area contributed by atoms with Crippen molar-refractivity contribution in [2.75, 3.05) is 13.7 Å². The minimum absolute atomic E-state index is 0.253. The average molecular weight is 279 g/mol. The molecule has 100 valence electrons. The molecule has 1 aliphatic rings. The molecule has 1 aliphatic heterocycles. The van der Waals surface area contributed by atoms with Crippen LogP contribution in [0.5, 0.6) is 0 Å². The number of fused-ring (bicyclic) bond motifs is 1. The van der Waals surface area contributed by atoms with Crippen LogP contribution < -0.4 is 11.0 Å². The second kappa shape index (κ2) is 4.67. The Kier molecular flexibility index (Phi) is 3.00. The number of esters is 1. The molecule has 2 aromatic heterocycles. The number of hydrogen-bond acceptors (Lipinski definition) is 5. The summed E-state index contributed by atoms with van der Waals surface area (Å²) in [6, 6.07) is 0. The molecule has 19 heavy (non-hydrogen) atoms. The quantitative estimate of drug-likeness (QED) is 0.792. The van der Waals surface area contributed by atoms with Gasteiger partial charge in [-0.15, -0.1) is 11.3 Å². The third-order valence-corrected chi connectivity index (χ3v) is 4.40. The Morgan fingerprint density at radius 1 is 1.53 bits per heavy atom. The van der Waals surface area contributed by atoms with Crippen molar-refractivity contribution in [1.82, 2.24) is 14.9 Å². The highest BCUT2D eigenvalue weighted by molar-refractivity contribution is 7.15. The van der Waals surface area contributed by atoms with E-state index in [2.05, 4.69) is 10.3 Å². The first kappa shape index (κ1) is 12.2. The van der Waals surface area contributed by atoms with Gasteiger partial charge in [0.1, 0.15) is 5.00 Å². The summed E-state index contributed by atoms with van der Waals surface area (Å²) in [7, 11) is 1.36. The summed E-state index contributed by atoms with van der Waals surface area (Å²) < 4.78 is 6.31. The molecule has 0 aromatic carbocycles. The fourth-order valence-electron chi connectivity index (χ4n) is 2.28. The van der Waals surface area contributed by atoms with Crippen LogP contribution >= 0.6 is 11.3 Å². The number of aromatic nitrogens is 2. The van der Waals surface area contributed by atoms with E-state index in [4.69, 9.17) is 4.74 Å². The van der Waals surface area contributed by atoms with Gasteiger partial charge in [0, 0.05) is 23.8 Å². The number of methoxy groups -OCH3 is 1. The maximum absolute atomic E-state index is 12.0. The van der Waals surface area contributed by atoms with Crippen LogP contribution in [0.15, 0.2) is 17.2 Å². The molecule has 0 radical (unpaired) electrons. The summed E-state index contributed by atoms with van der Waals surface area (Å²) in [4.78, 5) is 27.4. The Morgan fingerprint density at radius 2 is 2.37 bits per heavy atom. The van der Waals surface area contributed by atoms with Gasteiger partial charge < -0.3 is 15.0 Å². The molecule has 2 N–H and O–H groups in total. The molecule has 0 atom stereocenters. The predicted molar refractivity (Wildman–Crippen MR) is 71.0 cm³/mol. The highest BCUT2D eigenvalue weighted by atomic mass is 32.1. The third kappa shape index (κ3) is 1.91. The number of nitrogens with zero attached hydrogens (tertiary/aromatic N) is 1. The minimum Gasteiger partial charge on any atom is -0.465 e. The Morgan fingerprint density at radius 3 is 3.05 bits per heavy atom. The van der Waals surface area contributed by atoms with Gasteiger partial charge in [-0.2, -0.15) is 0 Å². The number of thiophene rings is 1. The summed E-state index contributed by atoms with van der Waals surface area (Å²) in [5.41, 5.74) is 1.26. The number of carbonyl (C=O) groups is 1. The zero-order valence-electron chi connectivity index (χ0n) is 10.4. The largest absolute Gasteiger partial charge is 0.465 e. The highest BCUT2D eigenvalue weighted by Crippen LogP contribution is 2.33. The summed E-state index contributed by atoms with van der Waals surface area (Å²) in [5, 5.41) is 3.89. The molecule has 0 spiro atoms. The van der Waals surface area contributed by atoms with E-state index in [9.17, 15) is 9.59 Å². The van der Waals surface area contributed by atoms with Crippen molar-refractivity contribution in [3.63, 3.8) is 0 Å². The molecule has 7 heteroatoms. The van der Waals surface area contributed by atoms with Crippen molar-refractivity contribution in [2.45, 2.75) is 13.0 Å². The van der Waals surface area contributed by atoms with Gasteiger partial charge in [0.05, 0.1) is 12.7 Å². The SMILES string of the molecule is COC(=O)c1c(-n2cc[nH]c2=O)sc2c1CCNC2. The summed E-state index contributed by atoms with van der Waals surface area (Å²) in [6.45, 7) is 1.55. The van der Waals surface area contributed by atoms with Gasteiger partial charge in [-0.05, 0) is 18.5 Å². The zero-order chi connectivity index (χ0) is 13.4. The molecule has 3 heterocycles. The van der Waals surface area contributed by atoms with Crippen LogP contribution in [0.2, 0.25) is 0 Å². The zero-order valence-corrected chi connectivity index (χ0v) is 11.2. The number of ether oxygens (including phenoxy) is 1. The van der Waals surface area contributed by atoms with Gasteiger partial charge in [-0.25, -0.2) is 9.59 Å². The summed E-state index contributed by atoms with van der Waals surface area (Å²) in [5.74, 6) is -0.387. The molecular weight excluding hydrogens is 266 g/mol. The molecular formula is C12H13N3O3S. The van der Waals surface area contributed by atoms with Crippen molar-refractivity contribution < 1.29 is 9.53 Å².